The molecule has 0 amide bonds. The Morgan fingerprint density at radius 3 is 2.45 bits per heavy atom. The standard InChI is InChI=1S/C26H31BrNO2Si/c1-25(2,3)23(30-31(5)6)22-20(27)8-7-9-21(22)28-15-12-17-10-11-18(26(4)13-14-26)16-19(17)24(28)29/h7-12,15-16,23H,13-14H2,1-6H3. The zero-order chi connectivity index (χ0) is 22.6. The Balaban J connectivity index is 1.93. The molecule has 3 nitrogen and oxygen atoms in total. The summed E-state index contributed by atoms with van der Waals surface area (Å²) in [4.78, 5) is 13.7. The summed E-state index contributed by atoms with van der Waals surface area (Å²) in [7, 11) is -0.945. The van der Waals surface area contributed by atoms with Gasteiger partial charge in [-0.15, -0.1) is 0 Å². The van der Waals surface area contributed by atoms with Crippen LogP contribution in [0.1, 0.15) is 57.8 Å². The van der Waals surface area contributed by atoms with Gasteiger partial charge in [-0.2, -0.15) is 0 Å². The first-order valence-corrected chi connectivity index (χ1v) is 14.1. The van der Waals surface area contributed by atoms with Gasteiger partial charge < -0.3 is 4.43 Å². The SMILES string of the molecule is C[Si](C)OC(c1c(Br)cccc1-n1ccc2ccc(C3(C)CC3)cc2c1=O)C(C)(C)C. The van der Waals surface area contributed by atoms with Crippen molar-refractivity contribution in [3.63, 3.8) is 0 Å². The molecule has 0 bridgehead atoms. The van der Waals surface area contributed by atoms with E-state index in [1.807, 2.05) is 30.5 Å². The normalized spacial score (nSPS) is 16.6. The van der Waals surface area contributed by atoms with Gasteiger partial charge in [-0.1, -0.05) is 61.8 Å². The van der Waals surface area contributed by atoms with Crippen LogP contribution in [0.15, 0.2) is 57.9 Å². The summed E-state index contributed by atoms with van der Waals surface area (Å²) < 4.78 is 9.26. The van der Waals surface area contributed by atoms with Crippen LogP contribution in [0.5, 0.6) is 0 Å². The molecule has 1 heterocycles. The third-order valence-electron chi connectivity index (χ3n) is 6.29. The fraction of sp³-hybridized carbons (Fsp3) is 0.423. The fourth-order valence-electron chi connectivity index (χ4n) is 4.18. The van der Waals surface area contributed by atoms with Gasteiger partial charge in [-0.05, 0) is 72.0 Å². The maximum Gasteiger partial charge on any atom is 0.262 e. The highest BCUT2D eigenvalue weighted by Crippen LogP contribution is 2.48. The molecule has 1 fully saturated rings. The van der Waals surface area contributed by atoms with Gasteiger partial charge in [0.15, 0.2) is 0 Å². The largest absolute Gasteiger partial charge is 0.410 e. The monoisotopic (exact) mass is 496 g/mol. The smallest absolute Gasteiger partial charge is 0.262 e. The Bertz CT molecular complexity index is 1190. The molecule has 163 valence electrons. The number of aromatic nitrogens is 1. The van der Waals surface area contributed by atoms with Crippen molar-refractivity contribution in [3.8, 4) is 5.69 Å². The maximum atomic E-state index is 13.7. The van der Waals surface area contributed by atoms with Crippen LogP contribution in [0.2, 0.25) is 13.1 Å². The van der Waals surface area contributed by atoms with Gasteiger partial charge in [0.2, 0.25) is 9.04 Å². The lowest BCUT2D eigenvalue weighted by Crippen LogP contribution is -2.29. The Labute approximate surface area is 195 Å². The molecule has 0 aliphatic heterocycles. The average Bonchev–Trinajstić information content (AvgIpc) is 3.44. The van der Waals surface area contributed by atoms with Crippen molar-refractivity contribution in [1.29, 1.82) is 0 Å². The third-order valence-corrected chi connectivity index (χ3v) is 7.69. The van der Waals surface area contributed by atoms with E-state index in [-0.39, 0.29) is 22.5 Å². The summed E-state index contributed by atoms with van der Waals surface area (Å²) in [6.45, 7) is 13.2. The van der Waals surface area contributed by atoms with Crippen molar-refractivity contribution < 1.29 is 4.43 Å². The van der Waals surface area contributed by atoms with Gasteiger partial charge in [0.1, 0.15) is 0 Å². The highest BCUT2D eigenvalue weighted by Gasteiger charge is 2.39. The van der Waals surface area contributed by atoms with Crippen LogP contribution in [0.25, 0.3) is 16.5 Å². The Morgan fingerprint density at radius 1 is 1.13 bits per heavy atom. The molecule has 1 radical (unpaired) electrons. The molecular weight excluding hydrogens is 466 g/mol. The van der Waals surface area contributed by atoms with E-state index in [1.165, 1.54) is 18.4 Å². The van der Waals surface area contributed by atoms with Crippen molar-refractivity contribution in [3.05, 3.63) is 74.6 Å². The molecule has 0 spiro atoms. The molecule has 5 heteroatoms. The predicted octanol–water partition coefficient (Wildman–Crippen LogP) is 7.16. The van der Waals surface area contributed by atoms with E-state index < -0.39 is 9.04 Å². The first-order chi connectivity index (χ1) is 14.5. The molecule has 0 saturated heterocycles. The Morgan fingerprint density at radius 2 is 1.84 bits per heavy atom. The number of rotatable bonds is 5. The van der Waals surface area contributed by atoms with Gasteiger partial charge in [0.25, 0.3) is 5.56 Å². The van der Waals surface area contributed by atoms with E-state index in [0.29, 0.717) is 0 Å². The number of fused-ring (bicyclic) bond motifs is 1. The third kappa shape index (κ3) is 4.32. The van der Waals surface area contributed by atoms with E-state index in [2.05, 4.69) is 74.9 Å². The van der Waals surface area contributed by atoms with Gasteiger partial charge in [-0.3, -0.25) is 9.36 Å². The van der Waals surface area contributed by atoms with Crippen molar-refractivity contribution >= 4 is 35.7 Å². The van der Waals surface area contributed by atoms with E-state index in [9.17, 15) is 4.79 Å². The lowest BCUT2D eigenvalue weighted by Gasteiger charge is -2.35. The first-order valence-electron chi connectivity index (χ1n) is 10.9. The van der Waals surface area contributed by atoms with Crippen molar-refractivity contribution in [2.24, 2.45) is 5.41 Å². The average molecular weight is 498 g/mol. The lowest BCUT2D eigenvalue weighted by molar-refractivity contribution is 0.0859. The van der Waals surface area contributed by atoms with Crippen LogP contribution in [0.4, 0.5) is 0 Å². The second kappa shape index (κ2) is 8.02. The molecule has 31 heavy (non-hydrogen) atoms. The Kier molecular flexibility index (Phi) is 5.82. The summed E-state index contributed by atoms with van der Waals surface area (Å²) >= 11 is 3.76. The second-order valence-electron chi connectivity index (χ2n) is 10.3. The van der Waals surface area contributed by atoms with Crippen LogP contribution < -0.4 is 5.56 Å². The molecule has 1 saturated carbocycles. The molecular formula is C26H31BrNO2Si. The molecule has 1 aliphatic carbocycles. The van der Waals surface area contributed by atoms with Gasteiger partial charge in [0.05, 0.1) is 11.8 Å². The highest BCUT2D eigenvalue weighted by molar-refractivity contribution is 9.10. The van der Waals surface area contributed by atoms with Gasteiger partial charge in [0, 0.05) is 21.6 Å². The minimum absolute atomic E-state index is 0.0223. The molecule has 1 aliphatic rings. The first kappa shape index (κ1) is 22.5. The molecule has 3 aromatic rings. The van der Waals surface area contributed by atoms with Crippen LogP contribution in [-0.4, -0.2) is 13.6 Å². The molecule has 1 atom stereocenters. The summed E-state index contributed by atoms with van der Waals surface area (Å²) in [5.41, 5.74) is 3.32. The number of nitrogens with zero attached hydrogens (tertiary/aromatic N) is 1. The zero-order valence-corrected chi connectivity index (χ0v) is 21.8. The summed E-state index contributed by atoms with van der Waals surface area (Å²) in [6.07, 6.45) is 4.16. The minimum atomic E-state index is -0.945. The van der Waals surface area contributed by atoms with Crippen LogP contribution in [0.3, 0.4) is 0 Å². The second-order valence-corrected chi connectivity index (χ2v) is 13.2. The van der Waals surface area contributed by atoms with Gasteiger partial charge in [-0.25, -0.2) is 0 Å². The number of pyridine rings is 1. The molecule has 4 rings (SSSR count). The number of hydrogen-bond donors (Lipinski definition) is 0. The quantitative estimate of drug-likeness (QED) is 0.350. The van der Waals surface area contributed by atoms with E-state index >= 15 is 0 Å². The van der Waals surface area contributed by atoms with Crippen molar-refractivity contribution in [2.45, 2.75) is 65.1 Å². The summed E-state index contributed by atoms with van der Waals surface area (Å²) in [6, 6.07) is 14.5. The molecule has 1 aromatic heterocycles. The van der Waals surface area contributed by atoms with Crippen molar-refractivity contribution in [1.82, 2.24) is 4.57 Å². The zero-order valence-electron chi connectivity index (χ0n) is 19.3. The molecule has 2 aromatic carbocycles. The predicted molar refractivity (Wildman–Crippen MR) is 135 cm³/mol. The van der Waals surface area contributed by atoms with Gasteiger partial charge >= 0.3 is 0 Å². The number of hydrogen-bond acceptors (Lipinski definition) is 2. The van der Waals surface area contributed by atoms with E-state index in [4.69, 9.17) is 4.43 Å². The lowest BCUT2D eigenvalue weighted by atomic mass is 9.84. The topological polar surface area (TPSA) is 31.2 Å². The van der Waals surface area contributed by atoms with Crippen molar-refractivity contribution in [2.75, 3.05) is 0 Å². The molecule has 0 N–H and O–H groups in total. The van der Waals surface area contributed by atoms with Crippen LogP contribution in [0, 0.1) is 5.41 Å². The number of benzene rings is 2. The van der Waals surface area contributed by atoms with E-state index in [0.717, 1.165) is 26.5 Å². The summed E-state index contributed by atoms with van der Waals surface area (Å²) in [5.74, 6) is 0. The minimum Gasteiger partial charge on any atom is -0.410 e. The molecule has 1 unspecified atom stereocenters. The Hall–Kier alpha value is -1.69. The number of halogens is 1. The van der Waals surface area contributed by atoms with Crippen LogP contribution >= 0.6 is 15.9 Å². The van der Waals surface area contributed by atoms with E-state index in [1.54, 1.807) is 4.57 Å². The fourth-order valence-corrected chi connectivity index (χ4v) is 5.69. The van der Waals surface area contributed by atoms with Crippen LogP contribution in [-0.2, 0) is 9.84 Å². The highest BCUT2D eigenvalue weighted by atomic mass is 79.9. The summed E-state index contributed by atoms with van der Waals surface area (Å²) in [5, 5.41) is 1.77. The maximum absolute atomic E-state index is 13.7.